The highest BCUT2D eigenvalue weighted by Gasteiger charge is 2.29. The number of sulfonamides is 1. The van der Waals surface area contributed by atoms with Crippen LogP contribution in [0.4, 0.5) is 0 Å². The molecular weight excluding hydrogens is 416 g/mol. The molecule has 0 spiro atoms. The van der Waals surface area contributed by atoms with Gasteiger partial charge in [-0.05, 0) is 34.1 Å². The van der Waals surface area contributed by atoms with Gasteiger partial charge in [0.2, 0.25) is 10.0 Å². The Hall–Kier alpha value is -1.49. The van der Waals surface area contributed by atoms with Crippen LogP contribution in [0.25, 0.3) is 0 Å². The third-order valence-electron chi connectivity index (χ3n) is 3.58. The SMILES string of the molecule is CN(C)C(=O)COC(=O)c1ccc(Br)c(S(=O)(=O)N2CCOCC2)c1. The Morgan fingerprint density at radius 3 is 2.52 bits per heavy atom. The maximum absolute atomic E-state index is 12.8. The highest BCUT2D eigenvalue weighted by molar-refractivity contribution is 9.10. The maximum Gasteiger partial charge on any atom is 0.338 e. The number of benzene rings is 1. The summed E-state index contributed by atoms with van der Waals surface area (Å²) in [6.45, 7) is 0.742. The Bertz CT molecular complexity index is 759. The smallest absolute Gasteiger partial charge is 0.338 e. The van der Waals surface area contributed by atoms with Crippen LogP contribution in [0, 0.1) is 0 Å². The number of rotatable bonds is 5. The fourth-order valence-corrected chi connectivity index (χ4v) is 4.45. The molecule has 1 amide bonds. The van der Waals surface area contributed by atoms with E-state index < -0.39 is 22.6 Å². The lowest BCUT2D eigenvalue weighted by molar-refractivity contribution is -0.131. The van der Waals surface area contributed by atoms with Crippen molar-refractivity contribution in [3.63, 3.8) is 0 Å². The zero-order valence-electron chi connectivity index (χ0n) is 13.9. The van der Waals surface area contributed by atoms with E-state index in [1.54, 1.807) is 14.1 Å². The molecule has 2 rings (SSSR count). The van der Waals surface area contributed by atoms with Crippen LogP contribution >= 0.6 is 15.9 Å². The molecule has 1 fully saturated rings. The highest BCUT2D eigenvalue weighted by atomic mass is 79.9. The summed E-state index contributed by atoms with van der Waals surface area (Å²) >= 11 is 3.21. The van der Waals surface area contributed by atoms with Gasteiger partial charge in [0.15, 0.2) is 6.61 Å². The second kappa shape index (κ2) is 8.26. The van der Waals surface area contributed by atoms with Crippen molar-refractivity contribution in [1.29, 1.82) is 0 Å². The molecule has 10 heteroatoms. The normalized spacial score (nSPS) is 15.6. The molecule has 1 aromatic carbocycles. The molecule has 25 heavy (non-hydrogen) atoms. The number of ether oxygens (including phenoxy) is 2. The number of esters is 1. The van der Waals surface area contributed by atoms with Crippen LogP contribution < -0.4 is 0 Å². The summed E-state index contributed by atoms with van der Waals surface area (Å²) < 4.78 is 37.3. The predicted octanol–water partition coefficient (Wildman–Crippen LogP) is 0.715. The van der Waals surface area contributed by atoms with Gasteiger partial charge in [-0.25, -0.2) is 13.2 Å². The molecule has 8 nitrogen and oxygen atoms in total. The minimum Gasteiger partial charge on any atom is -0.452 e. The first-order valence-corrected chi connectivity index (χ1v) is 9.71. The van der Waals surface area contributed by atoms with Crippen molar-refractivity contribution >= 4 is 37.8 Å². The summed E-state index contributed by atoms with van der Waals surface area (Å²) in [6, 6.07) is 4.15. The van der Waals surface area contributed by atoms with Crippen LogP contribution in [0.3, 0.4) is 0 Å². The fourth-order valence-electron chi connectivity index (χ4n) is 2.09. The van der Waals surface area contributed by atoms with Gasteiger partial charge in [-0.3, -0.25) is 4.79 Å². The Kier molecular flexibility index (Phi) is 6.55. The number of halogens is 1. The minimum atomic E-state index is -3.77. The number of morpholine rings is 1. The van der Waals surface area contributed by atoms with Crippen molar-refractivity contribution in [3.05, 3.63) is 28.2 Å². The van der Waals surface area contributed by atoms with Crippen molar-refractivity contribution in [2.45, 2.75) is 4.90 Å². The van der Waals surface area contributed by atoms with Gasteiger partial charge in [0.1, 0.15) is 0 Å². The Morgan fingerprint density at radius 1 is 1.28 bits per heavy atom. The molecule has 0 radical (unpaired) electrons. The molecule has 0 N–H and O–H groups in total. The van der Waals surface area contributed by atoms with Gasteiger partial charge < -0.3 is 14.4 Å². The third-order valence-corrected chi connectivity index (χ3v) is 6.47. The summed E-state index contributed by atoms with van der Waals surface area (Å²) in [6.07, 6.45) is 0. The standard InChI is InChI=1S/C15H19BrN2O6S/c1-17(2)14(19)10-24-15(20)11-3-4-12(16)13(9-11)25(21,22)18-5-7-23-8-6-18/h3-4,9H,5-8,10H2,1-2H3. The zero-order valence-corrected chi connectivity index (χ0v) is 16.3. The molecule has 0 aromatic heterocycles. The van der Waals surface area contributed by atoms with Gasteiger partial charge in [0, 0.05) is 31.7 Å². The van der Waals surface area contributed by atoms with Crippen molar-refractivity contribution in [2.75, 3.05) is 47.0 Å². The monoisotopic (exact) mass is 434 g/mol. The summed E-state index contributed by atoms with van der Waals surface area (Å²) in [7, 11) is -0.681. The lowest BCUT2D eigenvalue weighted by Crippen LogP contribution is -2.40. The first-order valence-electron chi connectivity index (χ1n) is 7.48. The number of amides is 1. The molecule has 0 atom stereocenters. The van der Waals surface area contributed by atoms with Crippen LogP contribution in [0.15, 0.2) is 27.6 Å². The second-order valence-corrected chi connectivity index (χ2v) is 8.29. The molecule has 0 aliphatic carbocycles. The molecular formula is C15H19BrN2O6S. The number of carbonyl (C=O) groups is 2. The molecule has 1 aliphatic heterocycles. The van der Waals surface area contributed by atoms with Crippen LogP contribution in [0.1, 0.15) is 10.4 Å². The summed E-state index contributed by atoms with van der Waals surface area (Å²) in [4.78, 5) is 24.9. The van der Waals surface area contributed by atoms with E-state index in [0.717, 1.165) is 0 Å². The first-order chi connectivity index (χ1) is 11.7. The van der Waals surface area contributed by atoms with E-state index in [1.165, 1.54) is 27.4 Å². The van der Waals surface area contributed by atoms with Crippen LogP contribution in [0.5, 0.6) is 0 Å². The van der Waals surface area contributed by atoms with Crippen LogP contribution in [-0.2, 0) is 24.3 Å². The van der Waals surface area contributed by atoms with E-state index in [0.29, 0.717) is 17.7 Å². The molecule has 1 aromatic rings. The molecule has 0 unspecified atom stereocenters. The lowest BCUT2D eigenvalue weighted by atomic mass is 10.2. The van der Waals surface area contributed by atoms with Gasteiger partial charge in [-0.1, -0.05) is 0 Å². The number of carbonyl (C=O) groups excluding carboxylic acids is 2. The van der Waals surface area contributed by atoms with Gasteiger partial charge in [-0.2, -0.15) is 4.31 Å². The van der Waals surface area contributed by atoms with Crippen LogP contribution in [0.2, 0.25) is 0 Å². The number of hydrogen-bond acceptors (Lipinski definition) is 6. The average molecular weight is 435 g/mol. The van der Waals surface area contributed by atoms with Gasteiger partial charge in [0.25, 0.3) is 5.91 Å². The van der Waals surface area contributed by atoms with Crippen molar-refractivity contribution in [3.8, 4) is 0 Å². The van der Waals surface area contributed by atoms with E-state index in [-0.39, 0.29) is 29.5 Å². The largest absolute Gasteiger partial charge is 0.452 e. The average Bonchev–Trinajstić information content (AvgIpc) is 2.60. The molecule has 138 valence electrons. The van der Waals surface area contributed by atoms with Crippen molar-refractivity contribution in [1.82, 2.24) is 9.21 Å². The van der Waals surface area contributed by atoms with E-state index in [9.17, 15) is 18.0 Å². The first kappa shape index (κ1) is 19.8. The van der Waals surface area contributed by atoms with Crippen molar-refractivity contribution < 1.29 is 27.5 Å². The highest BCUT2D eigenvalue weighted by Crippen LogP contribution is 2.27. The third kappa shape index (κ3) is 4.78. The van der Waals surface area contributed by atoms with Crippen LogP contribution in [-0.4, -0.2) is 76.5 Å². The number of likely N-dealkylation sites (N-methyl/N-ethyl adjacent to an activating group) is 1. The number of hydrogen-bond donors (Lipinski definition) is 0. The Labute approximate surface area is 154 Å². The summed E-state index contributed by atoms with van der Waals surface area (Å²) in [5.74, 6) is -1.13. The predicted molar refractivity (Wildman–Crippen MR) is 92.7 cm³/mol. The van der Waals surface area contributed by atoms with Gasteiger partial charge >= 0.3 is 5.97 Å². The summed E-state index contributed by atoms with van der Waals surface area (Å²) in [5, 5.41) is 0. The number of nitrogens with zero attached hydrogens (tertiary/aromatic N) is 2. The molecule has 1 aliphatic rings. The lowest BCUT2D eigenvalue weighted by Gasteiger charge is -2.26. The quantitative estimate of drug-likeness (QED) is 0.633. The van der Waals surface area contributed by atoms with E-state index >= 15 is 0 Å². The zero-order chi connectivity index (χ0) is 18.6. The second-order valence-electron chi connectivity index (χ2n) is 5.53. The van der Waals surface area contributed by atoms with E-state index in [4.69, 9.17) is 9.47 Å². The molecule has 1 heterocycles. The minimum absolute atomic E-state index is 0.0252. The molecule has 0 saturated carbocycles. The van der Waals surface area contributed by atoms with Gasteiger partial charge in [-0.15, -0.1) is 0 Å². The Morgan fingerprint density at radius 2 is 1.92 bits per heavy atom. The molecule has 1 saturated heterocycles. The van der Waals surface area contributed by atoms with Crippen molar-refractivity contribution in [2.24, 2.45) is 0 Å². The Balaban J connectivity index is 2.22. The molecule has 0 bridgehead atoms. The van der Waals surface area contributed by atoms with Gasteiger partial charge in [0.05, 0.1) is 23.7 Å². The van der Waals surface area contributed by atoms with E-state index in [1.807, 2.05) is 0 Å². The maximum atomic E-state index is 12.8. The fraction of sp³-hybridized carbons (Fsp3) is 0.467. The van der Waals surface area contributed by atoms with E-state index in [2.05, 4.69) is 15.9 Å². The topological polar surface area (TPSA) is 93.2 Å². The summed E-state index contributed by atoms with van der Waals surface area (Å²) in [5.41, 5.74) is 0.0570.